The van der Waals surface area contributed by atoms with Crippen molar-refractivity contribution < 1.29 is 0 Å². The molecule has 0 aliphatic heterocycles. The van der Waals surface area contributed by atoms with Crippen LogP contribution in [0.1, 0.15) is 27.7 Å². The normalized spacial score (nSPS) is 15.7. The molecule has 0 atom stereocenters. The molecule has 0 aliphatic carbocycles. The zero-order valence-corrected chi connectivity index (χ0v) is 14.1. The van der Waals surface area contributed by atoms with Crippen molar-refractivity contribution in [3.05, 3.63) is 71.0 Å². The number of nitrogens with zero attached hydrogens (tertiary/aromatic N) is 1. The second-order valence-electron chi connectivity index (χ2n) is 4.85. The molecule has 0 unspecified atom stereocenters. The van der Waals surface area contributed by atoms with E-state index in [0.29, 0.717) is 0 Å². The van der Waals surface area contributed by atoms with Crippen LogP contribution < -0.4 is 5.32 Å². The zero-order valence-electron chi connectivity index (χ0n) is 14.1. The molecule has 0 saturated carbocycles. The highest BCUT2D eigenvalue weighted by Gasteiger charge is 1.96. The van der Waals surface area contributed by atoms with Crippen molar-refractivity contribution in [1.82, 2.24) is 5.32 Å². The topological polar surface area (TPSA) is 24.4 Å². The Bertz CT molecular complexity index is 510. The van der Waals surface area contributed by atoms with Crippen LogP contribution in [-0.2, 0) is 0 Å². The number of hydrogen-bond acceptors (Lipinski definition) is 2. The summed E-state index contributed by atoms with van der Waals surface area (Å²) in [5.74, 6) is 0. The van der Waals surface area contributed by atoms with Gasteiger partial charge in [0.1, 0.15) is 0 Å². The molecule has 0 rings (SSSR count). The van der Waals surface area contributed by atoms with E-state index in [0.717, 1.165) is 0 Å². The highest BCUT2D eigenvalue weighted by molar-refractivity contribution is 5.71. The first-order valence-corrected chi connectivity index (χ1v) is 7.15. The molecule has 0 aromatic carbocycles. The lowest BCUT2D eigenvalue weighted by Gasteiger charge is -2.05. The molecule has 0 fully saturated rings. The van der Waals surface area contributed by atoms with E-state index in [1.165, 1.54) is 22.3 Å². The van der Waals surface area contributed by atoms with Crippen LogP contribution in [0, 0.1) is 0 Å². The van der Waals surface area contributed by atoms with E-state index in [4.69, 9.17) is 0 Å². The van der Waals surface area contributed by atoms with Crippen molar-refractivity contribution in [3.63, 3.8) is 0 Å². The summed E-state index contributed by atoms with van der Waals surface area (Å²) in [6.45, 7) is 8.53. The first-order chi connectivity index (χ1) is 10.0. The molecule has 0 bridgehead atoms. The lowest BCUT2D eigenvalue weighted by Crippen LogP contribution is -1.89. The molecule has 0 saturated heterocycles. The van der Waals surface area contributed by atoms with Crippen LogP contribution in [0.4, 0.5) is 0 Å². The predicted molar refractivity (Wildman–Crippen MR) is 96.8 cm³/mol. The summed E-state index contributed by atoms with van der Waals surface area (Å²) in [4.78, 5) is 3.91. The SMILES string of the molecule is CN=CC=CC=C(C)C(C)=C(C)C=C(C)C=CC=CNC. The van der Waals surface area contributed by atoms with Crippen molar-refractivity contribution in [2.75, 3.05) is 14.1 Å². The number of aliphatic imine (C=N–C) groups is 1. The minimum Gasteiger partial charge on any atom is -0.394 e. The van der Waals surface area contributed by atoms with Crippen LogP contribution in [-0.4, -0.2) is 20.3 Å². The molecule has 2 heteroatoms. The van der Waals surface area contributed by atoms with Crippen molar-refractivity contribution in [3.8, 4) is 0 Å². The summed E-state index contributed by atoms with van der Waals surface area (Å²) in [5, 5.41) is 2.96. The Labute approximate surface area is 130 Å². The number of rotatable bonds is 7. The van der Waals surface area contributed by atoms with Gasteiger partial charge in [-0.3, -0.25) is 4.99 Å². The van der Waals surface area contributed by atoms with Gasteiger partial charge in [0.15, 0.2) is 0 Å². The quantitative estimate of drug-likeness (QED) is 0.529. The summed E-state index contributed by atoms with van der Waals surface area (Å²) in [5.41, 5.74) is 5.07. The molecule has 21 heavy (non-hydrogen) atoms. The molecule has 1 N–H and O–H groups in total. The van der Waals surface area contributed by atoms with E-state index in [1.54, 1.807) is 13.3 Å². The molecular formula is C19H28N2. The van der Waals surface area contributed by atoms with Gasteiger partial charge in [-0.2, -0.15) is 0 Å². The minimum atomic E-state index is 1.23. The van der Waals surface area contributed by atoms with Crippen LogP contribution in [0.3, 0.4) is 0 Å². The van der Waals surface area contributed by atoms with E-state index in [2.05, 4.69) is 56.2 Å². The first kappa shape index (κ1) is 18.9. The molecule has 0 aliphatic rings. The Morgan fingerprint density at radius 1 is 0.952 bits per heavy atom. The van der Waals surface area contributed by atoms with Crippen LogP contribution in [0.5, 0.6) is 0 Å². The lowest BCUT2D eigenvalue weighted by molar-refractivity contribution is 1.10. The Hall–Kier alpha value is -2.09. The van der Waals surface area contributed by atoms with Crippen LogP contribution in [0.2, 0.25) is 0 Å². The van der Waals surface area contributed by atoms with Gasteiger partial charge in [-0.1, -0.05) is 36.0 Å². The molecule has 0 aromatic heterocycles. The van der Waals surface area contributed by atoms with Crippen molar-refractivity contribution in [2.45, 2.75) is 27.7 Å². The smallest absolute Gasteiger partial charge is 0.0277 e. The summed E-state index contributed by atoms with van der Waals surface area (Å²) in [6, 6.07) is 0. The summed E-state index contributed by atoms with van der Waals surface area (Å²) < 4.78 is 0. The third kappa shape index (κ3) is 9.44. The average molecular weight is 284 g/mol. The van der Waals surface area contributed by atoms with Gasteiger partial charge in [-0.25, -0.2) is 0 Å². The predicted octanol–water partition coefficient (Wildman–Crippen LogP) is 4.76. The maximum absolute atomic E-state index is 3.91. The number of hydrogen-bond donors (Lipinski definition) is 1. The van der Waals surface area contributed by atoms with Crippen molar-refractivity contribution >= 4 is 6.21 Å². The van der Waals surface area contributed by atoms with E-state index >= 15 is 0 Å². The monoisotopic (exact) mass is 284 g/mol. The second-order valence-corrected chi connectivity index (χ2v) is 4.85. The summed E-state index contributed by atoms with van der Waals surface area (Å²) in [7, 11) is 3.66. The van der Waals surface area contributed by atoms with Gasteiger partial charge in [0.2, 0.25) is 0 Å². The van der Waals surface area contributed by atoms with E-state index in [9.17, 15) is 0 Å². The fourth-order valence-corrected chi connectivity index (χ4v) is 1.63. The van der Waals surface area contributed by atoms with Gasteiger partial charge in [0, 0.05) is 20.3 Å². The number of allylic oxidation sites excluding steroid dienone is 11. The molecule has 0 heterocycles. The average Bonchev–Trinajstić information content (AvgIpc) is 2.47. The second kappa shape index (κ2) is 11.7. The van der Waals surface area contributed by atoms with Gasteiger partial charge in [-0.15, -0.1) is 0 Å². The van der Waals surface area contributed by atoms with Crippen LogP contribution in [0.15, 0.2) is 76.0 Å². The van der Waals surface area contributed by atoms with Crippen molar-refractivity contribution in [2.24, 2.45) is 4.99 Å². The van der Waals surface area contributed by atoms with Gasteiger partial charge in [-0.05, 0) is 62.8 Å². The highest BCUT2D eigenvalue weighted by Crippen LogP contribution is 2.16. The van der Waals surface area contributed by atoms with Gasteiger partial charge in [0.25, 0.3) is 0 Å². The van der Waals surface area contributed by atoms with Crippen LogP contribution >= 0.6 is 0 Å². The Morgan fingerprint density at radius 2 is 1.67 bits per heavy atom. The maximum atomic E-state index is 3.91. The largest absolute Gasteiger partial charge is 0.394 e. The summed E-state index contributed by atoms with van der Waals surface area (Å²) >= 11 is 0. The molecule has 0 radical (unpaired) electrons. The van der Waals surface area contributed by atoms with E-state index in [1.807, 2.05) is 37.6 Å². The van der Waals surface area contributed by atoms with Gasteiger partial charge in [0.05, 0.1) is 0 Å². The fourth-order valence-electron chi connectivity index (χ4n) is 1.63. The van der Waals surface area contributed by atoms with Crippen molar-refractivity contribution in [1.29, 1.82) is 0 Å². The van der Waals surface area contributed by atoms with Gasteiger partial charge < -0.3 is 5.32 Å². The fraction of sp³-hybridized carbons (Fsp3) is 0.316. The molecule has 0 aromatic rings. The Balaban J connectivity index is 4.96. The lowest BCUT2D eigenvalue weighted by atomic mass is 10.0. The van der Waals surface area contributed by atoms with E-state index < -0.39 is 0 Å². The Kier molecular flexibility index (Phi) is 10.5. The number of nitrogens with one attached hydrogen (secondary N) is 1. The van der Waals surface area contributed by atoms with E-state index in [-0.39, 0.29) is 0 Å². The molecule has 0 spiro atoms. The highest BCUT2D eigenvalue weighted by atomic mass is 14.8. The third-order valence-corrected chi connectivity index (χ3v) is 3.05. The standard InChI is InChI=1S/C19H28N2/c1-16(11-7-9-13-20-5)15-18(3)19(4)17(2)12-8-10-14-21-6/h7-15,20H,1-6H3. The molecule has 2 nitrogen and oxygen atoms in total. The molecule has 114 valence electrons. The summed E-state index contributed by atoms with van der Waals surface area (Å²) in [6.07, 6.45) is 18.0. The van der Waals surface area contributed by atoms with Gasteiger partial charge >= 0.3 is 0 Å². The zero-order chi connectivity index (χ0) is 16.1. The maximum Gasteiger partial charge on any atom is 0.0277 e. The minimum absolute atomic E-state index is 1.23. The molecule has 0 amide bonds. The molecular weight excluding hydrogens is 256 g/mol. The Morgan fingerprint density at radius 3 is 2.29 bits per heavy atom. The first-order valence-electron chi connectivity index (χ1n) is 7.15. The van der Waals surface area contributed by atoms with Crippen LogP contribution in [0.25, 0.3) is 0 Å². The third-order valence-electron chi connectivity index (χ3n) is 3.05.